The first-order valence-corrected chi connectivity index (χ1v) is 10.7. The van der Waals surface area contributed by atoms with Gasteiger partial charge in [-0.3, -0.25) is 0 Å². The summed E-state index contributed by atoms with van der Waals surface area (Å²) in [6, 6.07) is 4.92. The van der Waals surface area contributed by atoms with Gasteiger partial charge in [-0.1, -0.05) is 19.9 Å². The molecule has 0 saturated heterocycles. The van der Waals surface area contributed by atoms with Crippen molar-refractivity contribution in [1.29, 1.82) is 0 Å². The van der Waals surface area contributed by atoms with Gasteiger partial charge in [0.1, 0.15) is 11.6 Å². The van der Waals surface area contributed by atoms with E-state index in [-0.39, 0.29) is 5.82 Å². The van der Waals surface area contributed by atoms with Crippen LogP contribution in [0.4, 0.5) is 4.39 Å². The second kappa shape index (κ2) is 11.0. The second-order valence-electron chi connectivity index (χ2n) is 6.78. The molecule has 2 aromatic rings. The summed E-state index contributed by atoms with van der Waals surface area (Å²) in [6.45, 7) is 9.24. The van der Waals surface area contributed by atoms with Crippen molar-refractivity contribution in [1.82, 2.24) is 20.2 Å². The van der Waals surface area contributed by atoms with Gasteiger partial charge >= 0.3 is 0 Å². The molecule has 27 heavy (non-hydrogen) atoms. The van der Waals surface area contributed by atoms with E-state index in [1.54, 1.807) is 17.8 Å². The first kappa shape index (κ1) is 21.3. The van der Waals surface area contributed by atoms with Crippen LogP contribution in [0.1, 0.15) is 37.7 Å². The highest BCUT2D eigenvalue weighted by Crippen LogP contribution is 2.17. The lowest BCUT2D eigenvalue weighted by molar-refractivity contribution is 0.503. The number of hydrogen-bond donors (Lipinski definition) is 2. The number of thioether (sulfide) groups is 1. The fourth-order valence-electron chi connectivity index (χ4n) is 2.77. The Kier molecular flexibility index (Phi) is 8.64. The molecule has 0 atom stereocenters. The molecule has 1 heterocycles. The van der Waals surface area contributed by atoms with Crippen LogP contribution in [0.3, 0.4) is 0 Å². The summed E-state index contributed by atoms with van der Waals surface area (Å²) >= 11 is 1.68. The first-order valence-electron chi connectivity index (χ1n) is 9.31. The van der Waals surface area contributed by atoms with Crippen LogP contribution >= 0.6 is 11.8 Å². The van der Waals surface area contributed by atoms with Crippen LogP contribution in [-0.2, 0) is 25.4 Å². The van der Waals surface area contributed by atoms with Crippen molar-refractivity contribution in [3.8, 4) is 0 Å². The molecule has 5 nitrogen and oxygen atoms in total. The third kappa shape index (κ3) is 6.90. The van der Waals surface area contributed by atoms with Gasteiger partial charge in [-0.05, 0) is 42.4 Å². The summed E-state index contributed by atoms with van der Waals surface area (Å²) in [5, 5.41) is 6.61. The maximum absolute atomic E-state index is 13.5. The summed E-state index contributed by atoms with van der Waals surface area (Å²) in [5.74, 6) is 2.86. The van der Waals surface area contributed by atoms with E-state index in [1.807, 2.05) is 31.6 Å². The zero-order valence-corrected chi connectivity index (χ0v) is 17.4. The maximum Gasteiger partial charge on any atom is 0.191 e. The largest absolute Gasteiger partial charge is 0.357 e. The van der Waals surface area contributed by atoms with Gasteiger partial charge in [0.25, 0.3) is 0 Å². The van der Waals surface area contributed by atoms with Crippen molar-refractivity contribution in [3.63, 3.8) is 0 Å². The van der Waals surface area contributed by atoms with Crippen molar-refractivity contribution in [2.45, 2.75) is 46.2 Å². The Morgan fingerprint density at radius 3 is 2.81 bits per heavy atom. The topological polar surface area (TPSA) is 54.2 Å². The van der Waals surface area contributed by atoms with Gasteiger partial charge in [-0.15, -0.1) is 0 Å². The number of nitrogens with zero attached hydrogens (tertiary/aromatic N) is 3. The van der Waals surface area contributed by atoms with Crippen molar-refractivity contribution < 1.29 is 4.39 Å². The smallest absolute Gasteiger partial charge is 0.191 e. The molecule has 0 aliphatic carbocycles. The monoisotopic (exact) mass is 391 g/mol. The molecule has 0 saturated carbocycles. The van der Waals surface area contributed by atoms with Crippen molar-refractivity contribution in [2.75, 3.05) is 12.8 Å². The molecule has 0 radical (unpaired) electrons. The highest BCUT2D eigenvalue weighted by atomic mass is 32.2. The SMILES string of the molecule is CCNC(=NCc1ccc(F)cc1CSC)NCc1nccn1CC(C)C. The number of aromatic nitrogens is 2. The molecule has 0 unspecified atom stereocenters. The standard InChI is InChI=1S/C20H30FN5S/c1-5-22-20(25-12-19-23-8-9-26(19)13-15(2)3)24-11-16-6-7-18(21)10-17(16)14-27-4/h6-10,15H,5,11-14H2,1-4H3,(H2,22,24,25). The Morgan fingerprint density at radius 1 is 1.30 bits per heavy atom. The molecular weight excluding hydrogens is 361 g/mol. The maximum atomic E-state index is 13.5. The molecule has 0 bridgehead atoms. The quantitative estimate of drug-likeness (QED) is 0.504. The molecule has 0 amide bonds. The summed E-state index contributed by atoms with van der Waals surface area (Å²) in [4.78, 5) is 9.11. The van der Waals surface area contributed by atoms with Gasteiger partial charge in [-0.2, -0.15) is 11.8 Å². The van der Waals surface area contributed by atoms with Crippen molar-refractivity contribution >= 4 is 17.7 Å². The number of imidazole rings is 1. The van der Waals surface area contributed by atoms with Gasteiger partial charge in [0.15, 0.2) is 5.96 Å². The van der Waals surface area contributed by atoms with E-state index >= 15 is 0 Å². The molecule has 2 N–H and O–H groups in total. The molecule has 1 aromatic carbocycles. The zero-order valence-electron chi connectivity index (χ0n) is 16.6. The van der Waals surface area contributed by atoms with Gasteiger partial charge in [0.05, 0.1) is 13.1 Å². The van der Waals surface area contributed by atoms with Gasteiger partial charge in [-0.25, -0.2) is 14.4 Å². The zero-order chi connectivity index (χ0) is 19.6. The van der Waals surface area contributed by atoms with E-state index in [2.05, 4.69) is 39.0 Å². The van der Waals surface area contributed by atoms with E-state index < -0.39 is 0 Å². The van der Waals surface area contributed by atoms with Gasteiger partial charge < -0.3 is 15.2 Å². The predicted octanol–water partition coefficient (Wildman–Crippen LogP) is 3.80. The Bertz CT molecular complexity index is 742. The van der Waals surface area contributed by atoms with E-state index in [9.17, 15) is 4.39 Å². The molecule has 0 spiro atoms. The fourth-order valence-corrected chi connectivity index (χ4v) is 3.35. The van der Waals surface area contributed by atoms with Gasteiger partial charge in [0, 0.05) is 31.2 Å². The number of guanidine groups is 1. The summed E-state index contributed by atoms with van der Waals surface area (Å²) in [7, 11) is 0. The Labute approximate surface area is 165 Å². The number of rotatable bonds is 9. The predicted molar refractivity (Wildman–Crippen MR) is 112 cm³/mol. The molecule has 7 heteroatoms. The summed E-state index contributed by atoms with van der Waals surface area (Å²) < 4.78 is 15.7. The van der Waals surface area contributed by atoms with Crippen LogP contribution in [0.2, 0.25) is 0 Å². The van der Waals surface area contributed by atoms with E-state index in [1.165, 1.54) is 6.07 Å². The molecule has 0 aliphatic rings. The summed E-state index contributed by atoms with van der Waals surface area (Å²) in [6.07, 6.45) is 5.85. The lowest BCUT2D eigenvalue weighted by Gasteiger charge is -2.14. The normalized spacial score (nSPS) is 11.9. The third-order valence-corrected chi connectivity index (χ3v) is 4.60. The van der Waals surface area contributed by atoms with Gasteiger partial charge in [0.2, 0.25) is 0 Å². The highest BCUT2D eigenvalue weighted by Gasteiger charge is 2.07. The Morgan fingerprint density at radius 2 is 2.11 bits per heavy atom. The lowest BCUT2D eigenvalue weighted by atomic mass is 10.1. The molecule has 148 valence electrons. The molecule has 1 aromatic heterocycles. The number of aliphatic imine (C=N–C) groups is 1. The van der Waals surface area contributed by atoms with E-state index in [0.717, 1.165) is 41.8 Å². The number of nitrogens with one attached hydrogen (secondary N) is 2. The average Bonchev–Trinajstić information content (AvgIpc) is 3.05. The minimum Gasteiger partial charge on any atom is -0.357 e. The van der Waals surface area contributed by atoms with E-state index in [4.69, 9.17) is 0 Å². The van der Waals surface area contributed by atoms with E-state index in [0.29, 0.717) is 19.0 Å². The fraction of sp³-hybridized carbons (Fsp3) is 0.500. The molecule has 0 aliphatic heterocycles. The number of halogens is 1. The Hall–Kier alpha value is -2.02. The minimum atomic E-state index is -0.200. The summed E-state index contributed by atoms with van der Waals surface area (Å²) in [5.41, 5.74) is 2.04. The van der Waals surface area contributed by atoms with Crippen LogP contribution < -0.4 is 10.6 Å². The van der Waals surface area contributed by atoms with Crippen molar-refractivity contribution in [2.24, 2.45) is 10.9 Å². The van der Waals surface area contributed by atoms with Crippen LogP contribution in [0.15, 0.2) is 35.6 Å². The first-order chi connectivity index (χ1) is 13.0. The van der Waals surface area contributed by atoms with Crippen LogP contribution in [0.5, 0.6) is 0 Å². The molecular formula is C20H30FN5S. The Balaban J connectivity index is 2.06. The molecule has 0 fully saturated rings. The molecule has 2 rings (SSSR count). The number of benzene rings is 1. The van der Waals surface area contributed by atoms with Crippen LogP contribution in [0.25, 0.3) is 0 Å². The average molecular weight is 392 g/mol. The lowest BCUT2D eigenvalue weighted by Crippen LogP contribution is -2.37. The highest BCUT2D eigenvalue weighted by molar-refractivity contribution is 7.97. The third-order valence-electron chi connectivity index (χ3n) is 4.00. The van der Waals surface area contributed by atoms with Crippen LogP contribution in [0, 0.1) is 11.7 Å². The number of hydrogen-bond acceptors (Lipinski definition) is 3. The van der Waals surface area contributed by atoms with Crippen molar-refractivity contribution in [3.05, 3.63) is 53.4 Å². The van der Waals surface area contributed by atoms with Crippen LogP contribution in [-0.4, -0.2) is 28.3 Å². The minimum absolute atomic E-state index is 0.200. The second-order valence-corrected chi connectivity index (χ2v) is 7.65.